The molecule has 0 aliphatic carbocycles. The maximum atomic E-state index is 9.44. The van der Waals surface area contributed by atoms with Crippen molar-refractivity contribution in [1.82, 2.24) is 0 Å². The van der Waals surface area contributed by atoms with Crippen molar-refractivity contribution in [3.05, 3.63) is 20.0 Å². The molecule has 0 atom stereocenters. The van der Waals surface area contributed by atoms with Crippen LogP contribution in [0.1, 0.15) is 41.5 Å². The van der Waals surface area contributed by atoms with Gasteiger partial charge in [0.2, 0.25) is 0 Å². The maximum absolute atomic E-state index is 9.44. The van der Waals surface area contributed by atoms with Crippen molar-refractivity contribution in [2.24, 2.45) is 0 Å². The van der Waals surface area contributed by atoms with Crippen LogP contribution >= 0.6 is 0 Å². The van der Waals surface area contributed by atoms with Gasteiger partial charge < -0.3 is 14.4 Å². The average Bonchev–Trinajstić information content (AvgIpc) is 2.23. The molecule has 0 saturated carbocycles. The van der Waals surface area contributed by atoms with Gasteiger partial charge in [0.1, 0.15) is 17.3 Å². The van der Waals surface area contributed by atoms with Gasteiger partial charge in [-0.05, 0) is 41.5 Å². The van der Waals surface area contributed by atoms with Gasteiger partial charge in [0.25, 0.3) is 0 Å². The fraction of sp³-hybridized carbons (Fsp3) is 0.500. The van der Waals surface area contributed by atoms with Crippen LogP contribution in [0.5, 0.6) is 0 Å². The first-order valence-corrected chi connectivity index (χ1v) is 4.22. The molecule has 0 aromatic heterocycles. The van der Waals surface area contributed by atoms with Crippen LogP contribution in [0.2, 0.25) is 0 Å². The number of carbonyl (C=O) groups is 3. The van der Waals surface area contributed by atoms with E-state index in [1.807, 2.05) is 0 Å². The molecule has 0 unspecified atom stereocenters. The minimum Gasteiger partial charge on any atom is 0 e. The minimum absolute atomic E-state index is 0. The summed E-state index contributed by atoms with van der Waals surface area (Å²) in [5.41, 5.74) is 0. The monoisotopic (exact) mass is 445 g/mol. The van der Waals surface area contributed by atoms with E-state index in [0.717, 1.165) is 0 Å². The first kappa shape index (κ1) is 43.0. The molecule has 0 heterocycles. The second-order valence-electron chi connectivity index (χ2n) is 2.72. The molecule has 0 aliphatic heterocycles. The van der Waals surface area contributed by atoms with Crippen LogP contribution in [0.25, 0.3) is 0 Å². The molecular weight excluding hydrogens is 426 g/mol. The predicted molar refractivity (Wildman–Crippen MR) is 60.9 cm³/mol. The third kappa shape index (κ3) is 3050. The van der Waals surface area contributed by atoms with Crippen molar-refractivity contribution in [3.63, 3.8) is 0 Å². The second-order valence-corrected chi connectivity index (χ2v) is 2.72. The van der Waals surface area contributed by atoms with Gasteiger partial charge in [-0.25, -0.2) is 0 Å². The van der Waals surface area contributed by atoms with E-state index >= 15 is 0 Å². The van der Waals surface area contributed by atoms with E-state index in [-0.39, 0.29) is 37.8 Å². The normalized spacial score (nSPS) is 4.42. The Balaban J connectivity index is -0.0000000186. The Labute approximate surface area is 128 Å². The van der Waals surface area contributed by atoms with Crippen LogP contribution in [-0.4, -0.2) is 17.3 Å². The summed E-state index contributed by atoms with van der Waals surface area (Å²) in [6.45, 7) is 22.7. The molecule has 109 valence electrons. The second kappa shape index (κ2) is 68.5. The Bertz CT molecular complexity index is 198. The van der Waals surface area contributed by atoms with Crippen LogP contribution < -0.4 is 0 Å². The average molecular weight is 444 g/mol. The van der Waals surface area contributed by atoms with Crippen molar-refractivity contribution in [3.8, 4) is 0 Å². The molecule has 0 bridgehead atoms. The Morgan fingerprint density at radius 1 is 0.526 bits per heavy atom. The van der Waals surface area contributed by atoms with E-state index in [1.54, 1.807) is 0 Å². The number of rotatable bonds is 0. The summed E-state index contributed by atoms with van der Waals surface area (Å²) in [5.74, 6) is 0.500. The van der Waals surface area contributed by atoms with Crippen LogP contribution in [-0.2, 0) is 48.8 Å². The first-order valence-electron chi connectivity index (χ1n) is 4.22. The van der Waals surface area contributed by atoms with Crippen molar-refractivity contribution in [1.29, 1.82) is 0 Å². The van der Waals surface area contributed by atoms with E-state index < -0.39 is 0 Å². The van der Waals surface area contributed by atoms with Crippen molar-refractivity contribution in [2.45, 2.75) is 41.5 Å². The van der Waals surface area contributed by atoms with E-state index in [4.69, 9.17) is 14.0 Å². The summed E-state index contributed by atoms with van der Waals surface area (Å²) in [4.78, 5) is 28.3. The topological polar surface area (TPSA) is 111 Å². The number of Topliss-reactive ketones (excluding diaryl/α,β-unsaturated/α-hetero) is 3. The van der Waals surface area contributed by atoms with Crippen LogP contribution in [0.15, 0.2) is 0 Å². The molecule has 19 heavy (non-hydrogen) atoms. The maximum Gasteiger partial charge on any atom is 0 e. The smallest absolute Gasteiger partial charge is 0 e. The van der Waals surface area contributed by atoms with Crippen LogP contribution in [0.4, 0.5) is 0 Å². The van der Waals surface area contributed by atoms with Gasteiger partial charge in [-0.2, -0.15) is 0 Å². The Morgan fingerprint density at radius 2 is 0.526 bits per heavy atom. The molecule has 0 N–H and O–H groups in total. The quantitative estimate of drug-likeness (QED) is 0.419. The van der Waals surface area contributed by atoms with Crippen LogP contribution in [0.3, 0.4) is 0 Å². The molecular formula is C12H18O6Re. The molecule has 0 spiro atoms. The summed E-state index contributed by atoms with van der Waals surface area (Å²) in [6.07, 6.45) is 0. The predicted octanol–water partition coefficient (Wildman–Crippen LogP) is 1.67. The van der Waals surface area contributed by atoms with Gasteiger partial charge in [0, 0.05) is 20.4 Å². The zero-order valence-electron chi connectivity index (χ0n) is 11.8. The van der Waals surface area contributed by atoms with Crippen molar-refractivity contribution < 1.29 is 48.8 Å². The number of hydrogen-bond acceptors (Lipinski definition) is 3. The summed E-state index contributed by atoms with van der Waals surface area (Å²) < 4.78 is 22.5. The van der Waals surface area contributed by atoms with Gasteiger partial charge in [-0.3, -0.25) is 0 Å². The van der Waals surface area contributed by atoms with E-state index in [9.17, 15) is 14.4 Å². The number of hydrogen-bond donors (Lipinski definition) is 0. The van der Waals surface area contributed by atoms with Gasteiger partial charge in [-0.1, -0.05) is 0 Å². The molecule has 0 aromatic rings. The van der Waals surface area contributed by atoms with Gasteiger partial charge in [-0.15, -0.1) is 0 Å². The van der Waals surface area contributed by atoms with E-state index in [0.29, 0.717) is 0 Å². The molecule has 6 nitrogen and oxygen atoms in total. The molecule has 0 saturated heterocycles. The Hall–Kier alpha value is -1.11. The number of carbonyl (C=O) groups excluding carboxylic acids is 3. The van der Waals surface area contributed by atoms with Crippen molar-refractivity contribution >= 4 is 17.3 Å². The molecule has 1 radical (unpaired) electrons. The van der Waals surface area contributed by atoms with E-state index in [2.05, 4.69) is 20.0 Å². The number of ketones is 3. The first-order chi connectivity index (χ1) is 8.20. The molecule has 7 heteroatoms. The summed E-state index contributed by atoms with van der Waals surface area (Å²) in [6, 6.07) is 0. The third-order valence-electron chi connectivity index (χ3n) is 0. The molecule has 0 fully saturated rings. The fourth-order valence-corrected chi connectivity index (χ4v) is 0. The molecule has 0 aromatic carbocycles. The SMILES string of the molecule is CC(C)=O.CC(C)=O.CC(C)=O.[C-]#[O+].[C-]#[O+].[C-]#[O+].[Re]. The van der Waals surface area contributed by atoms with Gasteiger partial charge in [0.05, 0.1) is 0 Å². The zero-order chi connectivity index (χ0) is 16.7. The molecule has 0 amide bonds. The summed E-state index contributed by atoms with van der Waals surface area (Å²) in [7, 11) is 0. The molecule has 0 aliphatic rings. The minimum atomic E-state index is 0. The summed E-state index contributed by atoms with van der Waals surface area (Å²) in [5, 5.41) is 0. The third-order valence-corrected chi connectivity index (χ3v) is 0. The zero-order valence-corrected chi connectivity index (χ0v) is 14.5. The van der Waals surface area contributed by atoms with Gasteiger partial charge in [0.15, 0.2) is 0 Å². The molecule has 0 rings (SSSR count). The Kier molecular flexibility index (Phi) is 155. The standard InChI is InChI=1S/3C3H6O.3CO.Re/c3*1-3(2)4;3*1-2;/h3*1-2H3;;;;. The Morgan fingerprint density at radius 3 is 0.526 bits per heavy atom. The fourth-order valence-electron chi connectivity index (χ4n) is 0. The summed E-state index contributed by atoms with van der Waals surface area (Å²) >= 11 is 0. The van der Waals surface area contributed by atoms with Gasteiger partial charge >= 0.3 is 33.9 Å². The van der Waals surface area contributed by atoms with Crippen molar-refractivity contribution in [2.75, 3.05) is 0 Å². The van der Waals surface area contributed by atoms with E-state index in [1.165, 1.54) is 41.5 Å². The van der Waals surface area contributed by atoms with Crippen LogP contribution in [0, 0.1) is 20.0 Å². The largest absolute Gasteiger partial charge is 0 e.